The summed E-state index contributed by atoms with van der Waals surface area (Å²) in [5.74, 6) is 0.491. The lowest BCUT2D eigenvalue weighted by molar-refractivity contribution is -0.164. The lowest BCUT2D eigenvalue weighted by Gasteiger charge is -2.25. The molecule has 5 heteroatoms. The molecule has 126 valence electrons. The Morgan fingerprint density at radius 1 is 1.21 bits per heavy atom. The molecule has 1 N–H and O–H groups in total. The van der Waals surface area contributed by atoms with Crippen molar-refractivity contribution in [1.29, 1.82) is 0 Å². The molecule has 1 aliphatic rings. The zero-order valence-electron chi connectivity index (χ0n) is 13.6. The largest absolute Gasteiger partial charge is 0.496 e. The van der Waals surface area contributed by atoms with Crippen molar-refractivity contribution in [1.82, 2.24) is 4.90 Å². The third kappa shape index (κ3) is 3.58. The summed E-state index contributed by atoms with van der Waals surface area (Å²) in [6.45, 7) is 0.327. The second kappa shape index (κ2) is 7.47. The minimum Gasteiger partial charge on any atom is -0.496 e. The predicted octanol–water partition coefficient (Wildman–Crippen LogP) is 1.98. The van der Waals surface area contributed by atoms with Crippen LogP contribution in [0, 0.1) is 0 Å². The van der Waals surface area contributed by atoms with Gasteiger partial charge in [-0.3, -0.25) is 9.69 Å². The van der Waals surface area contributed by atoms with Gasteiger partial charge in [-0.2, -0.15) is 0 Å². The van der Waals surface area contributed by atoms with E-state index in [1.165, 1.54) is 4.90 Å². The molecule has 0 aromatic heterocycles. The lowest BCUT2D eigenvalue weighted by Crippen LogP contribution is -2.43. The van der Waals surface area contributed by atoms with Crippen LogP contribution in [0.15, 0.2) is 54.6 Å². The maximum absolute atomic E-state index is 12.7. The number of aliphatic hydroxyl groups excluding tert-OH is 1. The molecule has 2 aromatic carbocycles. The van der Waals surface area contributed by atoms with Crippen LogP contribution in [0.3, 0.4) is 0 Å². The number of methoxy groups -OCH3 is 1. The number of carbonyl (C=O) groups is 1. The molecule has 1 aliphatic heterocycles. The van der Waals surface area contributed by atoms with Crippen molar-refractivity contribution in [2.45, 2.75) is 25.3 Å². The van der Waals surface area contributed by atoms with Crippen molar-refractivity contribution in [3.63, 3.8) is 0 Å². The zero-order chi connectivity index (χ0) is 16.9. The van der Waals surface area contributed by atoms with E-state index in [-0.39, 0.29) is 18.4 Å². The van der Waals surface area contributed by atoms with Crippen molar-refractivity contribution in [3.8, 4) is 5.75 Å². The van der Waals surface area contributed by atoms with Gasteiger partial charge in [-0.05, 0) is 18.1 Å². The molecule has 5 nitrogen and oxygen atoms in total. The molecule has 1 saturated heterocycles. The first-order chi connectivity index (χ1) is 11.7. The molecule has 2 aromatic rings. The van der Waals surface area contributed by atoms with Crippen LogP contribution >= 0.6 is 0 Å². The van der Waals surface area contributed by atoms with Crippen LogP contribution in [0.25, 0.3) is 0 Å². The Morgan fingerprint density at radius 2 is 1.92 bits per heavy atom. The topological polar surface area (TPSA) is 59.0 Å². The number of rotatable bonds is 5. The summed E-state index contributed by atoms with van der Waals surface area (Å²) in [4.78, 5) is 14.2. The molecule has 3 rings (SSSR count). The number of hydrogen-bond donors (Lipinski definition) is 1. The van der Waals surface area contributed by atoms with E-state index in [9.17, 15) is 9.90 Å². The molecule has 1 heterocycles. The summed E-state index contributed by atoms with van der Waals surface area (Å²) in [7, 11) is 1.58. The van der Waals surface area contributed by atoms with Crippen molar-refractivity contribution in [2.75, 3.05) is 13.7 Å². The van der Waals surface area contributed by atoms with E-state index in [2.05, 4.69) is 0 Å². The number of nitrogens with zero attached hydrogens (tertiary/aromatic N) is 1. The Bertz CT molecular complexity index is 689. The smallest absolute Gasteiger partial charge is 0.240 e. The van der Waals surface area contributed by atoms with Crippen molar-refractivity contribution < 1.29 is 19.4 Å². The Balaban J connectivity index is 1.74. The van der Waals surface area contributed by atoms with Gasteiger partial charge in [0, 0.05) is 5.56 Å². The Labute approximate surface area is 141 Å². The van der Waals surface area contributed by atoms with Crippen LogP contribution in [0.2, 0.25) is 0 Å². The third-order valence-electron chi connectivity index (χ3n) is 4.21. The van der Waals surface area contributed by atoms with E-state index in [0.717, 1.165) is 11.1 Å². The van der Waals surface area contributed by atoms with Crippen molar-refractivity contribution in [3.05, 3.63) is 65.7 Å². The predicted molar refractivity (Wildman–Crippen MR) is 89.4 cm³/mol. The zero-order valence-corrected chi connectivity index (χ0v) is 13.6. The number of aliphatic hydroxyl groups is 1. The Morgan fingerprint density at radius 3 is 2.67 bits per heavy atom. The minimum atomic E-state index is -1.19. The SMILES string of the molecule is COc1ccccc1CC(=O)N1C(O)OC[C@@H]1Cc1ccccc1. The van der Waals surface area contributed by atoms with E-state index in [1.54, 1.807) is 7.11 Å². The van der Waals surface area contributed by atoms with Gasteiger partial charge in [0.05, 0.1) is 26.2 Å². The summed E-state index contributed by atoms with van der Waals surface area (Å²) < 4.78 is 10.6. The average Bonchev–Trinajstić information content (AvgIpc) is 2.96. The van der Waals surface area contributed by atoms with Gasteiger partial charge >= 0.3 is 0 Å². The summed E-state index contributed by atoms with van der Waals surface area (Å²) in [5.41, 5.74) is 1.90. The van der Waals surface area contributed by atoms with Gasteiger partial charge in [0.1, 0.15) is 5.75 Å². The summed E-state index contributed by atoms with van der Waals surface area (Å²) in [5, 5.41) is 10.1. The van der Waals surface area contributed by atoms with Crippen LogP contribution in [-0.4, -0.2) is 42.1 Å². The summed E-state index contributed by atoms with van der Waals surface area (Å²) >= 11 is 0. The van der Waals surface area contributed by atoms with E-state index in [1.807, 2.05) is 54.6 Å². The molecule has 1 fully saturated rings. The van der Waals surface area contributed by atoms with E-state index in [4.69, 9.17) is 9.47 Å². The average molecular weight is 327 g/mol. The van der Waals surface area contributed by atoms with Gasteiger partial charge in [-0.1, -0.05) is 48.5 Å². The molecular weight excluding hydrogens is 306 g/mol. The fraction of sp³-hybridized carbons (Fsp3) is 0.316. The molecule has 2 atom stereocenters. The Hall–Kier alpha value is -2.37. The van der Waals surface area contributed by atoms with E-state index < -0.39 is 6.41 Å². The highest BCUT2D eigenvalue weighted by atomic mass is 16.6. The molecule has 1 amide bonds. The summed E-state index contributed by atoms with van der Waals surface area (Å²) in [6, 6.07) is 17.1. The van der Waals surface area contributed by atoms with Crippen molar-refractivity contribution >= 4 is 5.91 Å². The van der Waals surface area contributed by atoms with Crippen LogP contribution in [0.1, 0.15) is 11.1 Å². The van der Waals surface area contributed by atoms with E-state index >= 15 is 0 Å². The van der Waals surface area contributed by atoms with Gasteiger partial charge < -0.3 is 14.6 Å². The molecule has 24 heavy (non-hydrogen) atoms. The molecule has 0 radical (unpaired) electrons. The number of amides is 1. The fourth-order valence-corrected chi connectivity index (χ4v) is 3.01. The second-order valence-corrected chi connectivity index (χ2v) is 5.79. The number of hydrogen-bond acceptors (Lipinski definition) is 4. The number of ether oxygens (including phenoxy) is 2. The van der Waals surface area contributed by atoms with Gasteiger partial charge in [0.25, 0.3) is 0 Å². The molecule has 0 bridgehead atoms. The number of benzene rings is 2. The first-order valence-electron chi connectivity index (χ1n) is 7.95. The van der Waals surface area contributed by atoms with Gasteiger partial charge in [-0.25, -0.2) is 0 Å². The minimum absolute atomic E-state index is 0.162. The first kappa shape index (κ1) is 16.5. The molecule has 0 spiro atoms. The highest BCUT2D eigenvalue weighted by Gasteiger charge is 2.36. The Kier molecular flexibility index (Phi) is 5.13. The van der Waals surface area contributed by atoms with Gasteiger partial charge in [-0.15, -0.1) is 0 Å². The molecular formula is C19H21NO4. The van der Waals surface area contributed by atoms with Crippen LogP contribution < -0.4 is 4.74 Å². The van der Waals surface area contributed by atoms with Crippen LogP contribution in [0.5, 0.6) is 5.75 Å². The highest BCUT2D eigenvalue weighted by Crippen LogP contribution is 2.23. The van der Waals surface area contributed by atoms with E-state index in [0.29, 0.717) is 18.8 Å². The van der Waals surface area contributed by atoms with Gasteiger partial charge in [0.15, 0.2) is 0 Å². The number of para-hydroxylation sites is 1. The quantitative estimate of drug-likeness (QED) is 0.912. The molecule has 0 aliphatic carbocycles. The normalized spacial score (nSPS) is 20.2. The van der Waals surface area contributed by atoms with Crippen LogP contribution in [-0.2, 0) is 22.4 Å². The molecule has 0 saturated carbocycles. The second-order valence-electron chi connectivity index (χ2n) is 5.79. The summed E-state index contributed by atoms with van der Waals surface area (Å²) in [6.07, 6.45) is -0.383. The fourth-order valence-electron chi connectivity index (χ4n) is 3.01. The first-order valence-corrected chi connectivity index (χ1v) is 7.95. The maximum atomic E-state index is 12.7. The van der Waals surface area contributed by atoms with Crippen molar-refractivity contribution in [2.24, 2.45) is 0 Å². The molecule has 1 unspecified atom stereocenters. The van der Waals surface area contributed by atoms with Gasteiger partial charge in [0.2, 0.25) is 12.3 Å². The third-order valence-corrected chi connectivity index (χ3v) is 4.21. The lowest BCUT2D eigenvalue weighted by atomic mass is 10.0. The standard InChI is InChI=1S/C19H21NO4/c1-23-17-10-6-5-9-15(17)12-18(21)20-16(13-24-19(20)22)11-14-7-3-2-4-8-14/h2-10,16,19,22H,11-13H2,1H3/t16-,19?/m0/s1. The monoisotopic (exact) mass is 327 g/mol. The van der Waals surface area contributed by atoms with Crippen LogP contribution in [0.4, 0.5) is 0 Å². The maximum Gasteiger partial charge on any atom is 0.240 e. The highest BCUT2D eigenvalue weighted by molar-refractivity contribution is 5.80. The number of carbonyl (C=O) groups excluding carboxylic acids is 1.